The summed E-state index contributed by atoms with van der Waals surface area (Å²) < 4.78 is 9.91. The quantitative estimate of drug-likeness (QED) is 0.900. The van der Waals surface area contributed by atoms with Crippen molar-refractivity contribution in [2.24, 2.45) is 18.9 Å². The highest BCUT2D eigenvalue weighted by Crippen LogP contribution is 2.31. The average Bonchev–Trinajstić information content (AvgIpc) is 3.17. The van der Waals surface area contributed by atoms with E-state index < -0.39 is 0 Å². The van der Waals surface area contributed by atoms with Gasteiger partial charge in [0.15, 0.2) is 5.82 Å². The number of rotatable bonds is 4. The van der Waals surface area contributed by atoms with Gasteiger partial charge >= 0.3 is 0 Å². The zero-order chi connectivity index (χ0) is 18.1. The molecule has 0 aliphatic carbocycles. The molecule has 1 amide bonds. The Labute approximate surface area is 147 Å². The summed E-state index contributed by atoms with van der Waals surface area (Å²) in [5, 5.41) is 11.5. The molecule has 3 rings (SSSR count). The van der Waals surface area contributed by atoms with E-state index in [2.05, 4.69) is 34.5 Å². The Morgan fingerprint density at radius 1 is 1.32 bits per heavy atom. The molecule has 0 bridgehead atoms. The summed E-state index contributed by atoms with van der Waals surface area (Å²) in [6.07, 6.45) is 5.50. The van der Waals surface area contributed by atoms with Crippen LogP contribution in [0.5, 0.6) is 0 Å². The molecule has 8 nitrogen and oxygen atoms in total. The third-order valence-corrected chi connectivity index (χ3v) is 5.20. The number of carbonyl (C=O) groups is 1. The second-order valence-electron chi connectivity index (χ2n) is 7.01. The van der Waals surface area contributed by atoms with Crippen LogP contribution in [0.1, 0.15) is 27.7 Å². The van der Waals surface area contributed by atoms with Gasteiger partial charge in [0.25, 0.3) is 0 Å². The highest BCUT2D eigenvalue weighted by molar-refractivity contribution is 5.73. The minimum absolute atomic E-state index is 0.0194. The van der Waals surface area contributed by atoms with E-state index in [1.165, 1.54) is 0 Å². The van der Waals surface area contributed by atoms with E-state index in [4.69, 9.17) is 4.74 Å². The number of aryl methyl sites for hydroxylation is 1. The van der Waals surface area contributed by atoms with Crippen LogP contribution < -0.4 is 5.32 Å². The predicted molar refractivity (Wildman–Crippen MR) is 92.5 cm³/mol. The third-order valence-electron chi connectivity index (χ3n) is 5.20. The maximum absolute atomic E-state index is 11.4. The van der Waals surface area contributed by atoms with E-state index in [0.29, 0.717) is 12.5 Å². The molecule has 8 heteroatoms. The summed E-state index contributed by atoms with van der Waals surface area (Å²) in [7, 11) is 1.93. The number of imidazole rings is 1. The van der Waals surface area contributed by atoms with E-state index in [0.717, 1.165) is 11.5 Å². The van der Waals surface area contributed by atoms with Crippen molar-refractivity contribution in [3.63, 3.8) is 0 Å². The smallest absolute Gasteiger partial charge is 0.217 e. The van der Waals surface area contributed by atoms with Crippen LogP contribution in [0.3, 0.4) is 0 Å². The molecule has 3 heterocycles. The van der Waals surface area contributed by atoms with Gasteiger partial charge in [0, 0.05) is 26.4 Å². The highest BCUT2D eigenvalue weighted by Gasteiger charge is 2.40. The molecule has 5 unspecified atom stereocenters. The minimum Gasteiger partial charge on any atom is -0.371 e. The molecule has 2 aromatic heterocycles. The summed E-state index contributed by atoms with van der Waals surface area (Å²) in [5.41, 5.74) is 0.744. The van der Waals surface area contributed by atoms with Crippen LogP contribution in [0.15, 0.2) is 18.6 Å². The Hall–Kier alpha value is -2.22. The fourth-order valence-electron chi connectivity index (χ4n) is 3.56. The fourth-order valence-corrected chi connectivity index (χ4v) is 3.56. The largest absolute Gasteiger partial charge is 0.371 e. The number of aromatic nitrogens is 5. The second-order valence-corrected chi connectivity index (χ2v) is 7.01. The van der Waals surface area contributed by atoms with Gasteiger partial charge in [-0.15, -0.1) is 5.10 Å². The molecule has 136 valence electrons. The van der Waals surface area contributed by atoms with E-state index in [-0.39, 0.29) is 30.1 Å². The van der Waals surface area contributed by atoms with Gasteiger partial charge < -0.3 is 14.6 Å². The van der Waals surface area contributed by atoms with Crippen molar-refractivity contribution >= 4 is 5.91 Å². The zero-order valence-corrected chi connectivity index (χ0v) is 15.4. The molecule has 2 aromatic rings. The van der Waals surface area contributed by atoms with E-state index in [9.17, 15) is 4.79 Å². The number of carbonyl (C=O) groups excluding carboxylic acids is 1. The first-order chi connectivity index (χ1) is 11.9. The summed E-state index contributed by atoms with van der Waals surface area (Å²) in [6, 6.07) is 0.0302. The molecule has 0 aromatic carbocycles. The van der Waals surface area contributed by atoms with Crippen LogP contribution in [-0.4, -0.2) is 48.7 Å². The molecule has 1 aliphatic heterocycles. The number of amides is 1. The van der Waals surface area contributed by atoms with Gasteiger partial charge in [-0.05, 0) is 18.8 Å². The molecular weight excluding hydrogens is 320 g/mol. The first-order valence-electron chi connectivity index (χ1n) is 8.67. The van der Waals surface area contributed by atoms with Gasteiger partial charge in [-0.25, -0.2) is 9.67 Å². The maximum Gasteiger partial charge on any atom is 0.217 e. The van der Waals surface area contributed by atoms with Crippen molar-refractivity contribution in [1.29, 1.82) is 0 Å². The van der Waals surface area contributed by atoms with Gasteiger partial charge in [-0.1, -0.05) is 19.1 Å². The van der Waals surface area contributed by atoms with Crippen molar-refractivity contribution in [2.45, 2.75) is 52.5 Å². The lowest BCUT2D eigenvalue weighted by molar-refractivity contribution is -0.135. The fraction of sp³-hybridized carbons (Fsp3) is 0.647. The second kappa shape index (κ2) is 6.95. The summed E-state index contributed by atoms with van der Waals surface area (Å²) in [6.45, 7) is 8.51. The number of nitrogens with zero attached hydrogens (tertiary/aromatic N) is 5. The van der Waals surface area contributed by atoms with Crippen LogP contribution in [0.25, 0.3) is 11.5 Å². The molecule has 1 fully saturated rings. The number of nitrogens with one attached hydrogen (secondary N) is 1. The van der Waals surface area contributed by atoms with Crippen LogP contribution in [0.2, 0.25) is 0 Å². The first kappa shape index (κ1) is 17.6. The molecular formula is C17H26N6O2. The van der Waals surface area contributed by atoms with Crippen LogP contribution in [-0.2, 0) is 23.1 Å². The van der Waals surface area contributed by atoms with E-state index in [1.54, 1.807) is 13.1 Å². The van der Waals surface area contributed by atoms with E-state index >= 15 is 0 Å². The van der Waals surface area contributed by atoms with Crippen molar-refractivity contribution in [2.75, 3.05) is 0 Å². The highest BCUT2D eigenvalue weighted by atomic mass is 16.5. The Morgan fingerprint density at radius 2 is 2.08 bits per heavy atom. The molecule has 0 spiro atoms. The molecule has 0 radical (unpaired) electrons. The predicted octanol–water partition coefficient (Wildman–Crippen LogP) is 1.24. The van der Waals surface area contributed by atoms with Crippen molar-refractivity contribution < 1.29 is 9.53 Å². The summed E-state index contributed by atoms with van der Waals surface area (Å²) in [4.78, 5) is 15.7. The van der Waals surface area contributed by atoms with Crippen LogP contribution in [0.4, 0.5) is 0 Å². The lowest BCUT2D eigenvalue weighted by Gasteiger charge is -2.44. The SMILES string of the molecule is CC(=O)NC1C(C)OC(Cn2cc(-c3nccn3C)nn2)C(C)C1C. The summed E-state index contributed by atoms with van der Waals surface area (Å²) >= 11 is 0. The summed E-state index contributed by atoms with van der Waals surface area (Å²) in [5.74, 6) is 1.37. The molecule has 1 aliphatic rings. The lowest BCUT2D eigenvalue weighted by Crippen LogP contribution is -2.56. The minimum atomic E-state index is -0.0439. The van der Waals surface area contributed by atoms with Gasteiger partial charge in [0.1, 0.15) is 5.69 Å². The van der Waals surface area contributed by atoms with Gasteiger partial charge in [0.2, 0.25) is 5.91 Å². The standard InChI is InChI=1S/C17H26N6O2/c1-10-11(2)16(19-13(4)24)12(3)25-15(10)9-23-8-14(20-21-23)17-18-6-7-22(17)5/h6-8,10-12,15-16H,9H2,1-5H3,(H,19,24). The topological polar surface area (TPSA) is 86.9 Å². The molecule has 25 heavy (non-hydrogen) atoms. The number of hydrogen-bond acceptors (Lipinski definition) is 5. The van der Waals surface area contributed by atoms with Gasteiger partial charge in [0.05, 0.1) is 31.0 Å². The Bertz CT molecular complexity index is 739. The Morgan fingerprint density at radius 3 is 2.72 bits per heavy atom. The molecule has 1 saturated heterocycles. The molecule has 0 saturated carbocycles. The van der Waals surface area contributed by atoms with Crippen LogP contribution >= 0.6 is 0 Å². The van der Waals surface area contributed by atoms with Crippen molar-refractivity contribution in [1.82, 2.24) is 29.9 Å². The first-order valence-corrected chi connectivity index (χ1v) is 8.67. The monoisotopic (exact) mass is 346 g/mol. The normalized spacial score (nSPS) is 29.6. The van der Waals surface area contributed by atoms with Crippen molar-refractivity contribution in [3.8, 4) is 11.5 Å². The number of ether oxygens (including phenoxy) is 1. The lowest BCUT2D eigenvalue weighted by atomic mass is 9.80. The van der Waals surface area contributed by atoms with Crippen LogP contribution in [0, 0.1) is 11.8 Å². The average molecular weight is 346 g/mol. The van der Waals surface area contributed by atoms with Gasteiger partial charge in [-0.3, -0.25) is 4.79 Å². The van der Waals surface area contributed by atoms with Crippen molar-refractivity contribution in [3.05, 3.63) is 18.6 Å². The maximum atomic E-state index is 11.4. The Balaban J connectivity index is 1.70. The number of hydrogen-bond donors (Lipinski definition) is 1. The third kappa shape index (κ3) is 3.58. The van der Waals surface area contributed by atoms with E-state index in [1.807, 2.05) is 35.6 Å². The molecule has 5 atom stereocenters. The zero-order valence-electron chi connectivity index (χ0n) is 15.4. The van der Waals surface area contributed by atoms with Gasteiger partial charge in [-0.2, -0.15) is 0 Å². The Kier molecular flexibility index (Phi) is 4.89. The molecule has 1 N–H and O–H groups in total.